The maximum absolute atomic E-state index is 13.4. The van der Waals surface area contributed by atoms with Crippen LogP contribution < -0.4 is 15.5 Å². The van der Waals surface area contributed by atoms with E-state index in [1.165, 1.54) is 0 Å². The van der Waals surface area contributed by atoms with Gasteiger partial charge in [-0.2, -0.15) is 0 Å². The Kier molecular flexibility index (Phi) is 8.21. The van der Waals surface area contributed by atoms with E-state index >= 15 is 0 Å². The highest BCUT2D eigenvalue weighted by atomic mass is 16.2. The highest BCUT2D eigenvalue weighted by Gasteiger charge is 2.29. The van der Waals surface area contributed by atoms with E-state index in [-0.39, 0.29) is 11.9 Å². The predicted octanol–water partition coefficient (Wildman–Crippen LogP) is 3.91. The number of H-pyrrole nitrogens is 1. The number of hydrogen-bond acceptors (Lipinski definition) is 6. The normalized spacial score (nSPS) is 16.9. The lowest BCUT2D eigenvalue weighted by molar-refractivity contribution is 0.0707. The van der Waals surface area contributed by atoms with Gasteiger partial charge in [0.15, 0.2) is 5.82 Å². The largest absolute Gasteiger partial charge is 0.382 e. The number of amides is 3. The van der Waals surface area contributed by atoms with Gasteiger partial charge in [0.1, 0.15) is 5.69 Å². The first-order valence-electron chi connectivity index (χ1n) is 14.1. The van der Waals surface area contributed by atoms with Gasteiger partial charge in [0, 0.05) is 81.2 Å². The number of likely N-dealkylation sites (tertiary alicyclic amines) is 1. The molecular weight excluding hydrogens is 492 g/mol. The molecule has 0 spiro atoms. The molecule has 2 aliphatic heterocycles. The number of pyridine rings is 1. The molecule has 10 heteroatoms. The molecule has 2 fully saturated rings. The minimum atomic E-state index is -0.0819. The Morgan fingerprint density at radius 1 is 1.03 bits per heavy atom. The molecule has 2 aromatic heterocycles. The number of aromatic nitrogens is 2. The number of rotatable bonds is 7. The predicted molar refractivity (Wildman–Crippen MR) is 157 cm³/mol. The lowest BCUT2D eigenvalue weighted by Gasteiger charge is -2.39. The van der Waals surface area contributed by atoms with Gasteiger partial charge < -0.3 is 35.2 Å². The van der Waals surface area contributed by atoms with Crippen LogP contribution in [0.2, 0.25) is 0 Å². The first kappa shape index (κ1) is 26.8. The molecule has 0 radical (unpaired) electrons. The van der Waals surface area contributed by atoms with Crippen molar-refractivity contribution in [2.24, 2.45) is 0 Å². The van der Waals surface area contributed by atoms with Gasteiger partial charge in [-0.25, -0.2) is 9.78 Å². The minimum absolute atomic E-state index is 0.0156. The van der Waals surface area contributed by atoms with E-state index in [0.717, 1.165) is 80.2 Å². The highest BCUT2D eigenvalue weighted by Crippen LogP contribution is 2.29. The van der Waals surface area contributed by atoms with Crippen molar-refractivity contribution in [1.29, 1.82) is 0 Å². The number of carbonyl (C=O) groups excluding carboxylic acids is 2. The van der Waals surface area contributed by atoms with Crippen molar-refractivity contribution in [2.45, 2.75) is 32.7 Å². The summed E-state index contributed by atoms with van der Waals surface area (Å²) in [5, 5.41) is 7.35. The molecule has 10 nitrogen and oxygen atoms in total. The molecule has 2 saturated heterocycles. The summed E-state index contributed by atoms with van der Waals surface area (Å²) in [7, 11) is 2.07. The molecule has 0 saturated carbocycles. The zero-order valence-electron chi connectivity index (χ0n) is 23.2. The molecule has 208 valence electrons. The van der Waals surface area contributed by atoms with Gasteiger partial charge >= 0.3 is 6.03 Å². The number of aromatic amines is 1. The van der Waals surface area contributed by atoms with Gasteiger partial charge in [0.05, 0.1) is 5.69 Å². The number of hydrogen-bond donors (Lipinski definition) is 3. The van der Waals surface area contributed by atoms with Crippen LogP contribution >= 0.6 is 0 Å². The second kappa shape index (κ2) is 11.9. The van der Waals surface area contributed by atoms with Crippen LogP contribution in [0.15, 0.2) is 42.6 Å². The Balaban J connectivity index is 1.21. The zero-order valence-corrected chi connectivity index (χ0v) is 23.2. The molecule has 0 unspecified atom stereocenters. The maximum Gasteiger partial charge on any atom is 0.321 e. The molecule has 3 N–H and O–H groups in total. The van der Waals surface area contributed by atoms with Gasteiger partial charge in [0.2, 0.25) is 0 Å². The number of carbonyl (C=O) groups is 2. The van der Waals surface area contributed by atoms with Crippen molar-refractivity contribution in [2.75, 3.05) is 74.9 Å². The number of benzene rings is 1. The lowest BCUT2D eigenvalue weighted by Crippen LogP contribution is -2.48. The molecule has 39 heavy (non-hydrogen) atoms. The van der Waals surface area contributed by atoms with E-state index < -0.39 is 0 Å². The van der Waals surface area contributed by atoms with E-state index in [4.69, 9.17) is 0 Å². The van der Waals surface area contributed by atoms with E-state index in [9.17, 15) is 9.59 Å². The topological polar surface area (TPSA) is 99.8 Å². The average Bonchev–Trinajstić information content (AvgIpc) is 3.38. The van der Waals surface area contributed by atoms with E-state index in [1.807, 2.05) is 46.3 Å². The molecule has 3 aromatic rings. The fraction of sp³-hybridized carbons (Fsp3) is 0.483. The van der Waals surface area contributed by atoms with Crippen LogP contribution in [0.4, 0.5) is 22.0 Å². The molecule has 1 aromatic carbocycles. The summed E-state index contributed by atoms with van der Waals surface area (Å²) in [6.07, 6.45) is 3.63. The van der Waals surface area contributed by atoms with Gasteiger partial charge in [0.25, 0.3) is 5.91 Å². The summed E-state index contributed by atoms with van der Waals surface area (Å²) in [5.41, 5.74) is 3.25. The maximum atomic E-state index is 13.4. The first-order chi connectivity index (χ1) is 19.0. The summed E-state index contributed by atoms with van der Waals surface area (Å²) in [6.45, 7) is 10.6. The smallest absolute Gasteiger partial charge is 0.321 e. The van der Waals surface area contributed by atoms with Crippen LogP contribution in [-0.4, -0.2) is 102 Å². The Morgan fingerprint density at radius 3 is 2.51 bits per heavy atom. The van der Waals surface area contributed by atoms with Crippen molar-refractivity contribution in [3.05, 3.63) is 48.3 Å². The van der Waals surface area contributed by atoms with Crippen LogP contribution in [0.25, 0.3) is 10.9 Å². The Morgan fingerprint density at radius 2 is 1.79 bits per heavy atom. The van der Waals surface area contributed by atoms with Crippen LogP contribution in [0.1, 0.15) is 37.2 Å². The standard InChI is InChI=1S/C29H40N8O2/c1-4-30-25-7-6-12-31-27(25)37(5-2)23-10-13-35(14-11-23)28(38)26-20-21-19-22(8-9-24(21)33-26)32-29(39)36-17-15-34(3)16-18-36/h6-9,12,19-20,23,30,33H,4-5,10-11,13-18H2,1-3H3,(H,32,39). The first-order valence-corrected chi connectivity index (χ1v) is 14.1. The quantitative estimate of drug-likeness (QED) is 0.427. The minimum Gasteiger partial charge on any atom is -0.382 e. The van der Waals surface area contributed by atoms with Crippen molar-refractivity contribution < 1.29 is 9.59 Å². The van der Waals surface area contributed by atoms with E-state index in [1.54, 1.807) is 0 Å². The van der Waals surface area contributed by atoms with E-state index in [2.05, 4.69) is 57.4 Å². The zero-order chi connectivity index (χ0) is 27.4. The van der Waals surface area contributed by atoms with Crippen molar-refractivity contribution in [1.82, 2.24) is 24.7 Å². The number of anilines is 3. The Bertz CT molecular complexity index is 1290. The van der Waals surface area contributed by atoms with Gasteiger partial charge in [-0.15, -0.1) is 0 Å². The number of fused-ring (bicyclic) bond motifs is 1. The molecule has 3 amide bonds. The lowest BCUT2D eigenvalue weighted by atomic mass is 10.0. The van der Waals surface area contributed by atoms with Crippen LogP contribution in [0.5, 0.6) is 0 Å². The van der Waals surface area contributed by atoms with Crippen LogP contribution in [-0.2, 0) is 0 Å². The number of piperazine rings is 1. The van der Waals surface area contributed by atoms with Crippen molar-refractivity contribution >= 4 is 40.0 Å². The van der Waals surface area contributed by atoms with Crippen LogP contribution in [0, 0.1) is 0 Å². The second-order valence-electron chi connectivity index (χ2n) is 10.4. The third kappa shape index (κ3) is 5.95. The third-order valence-electron chi connectivity index (χ3n) is 7.85. The highest BCUT2D eigenvalue weighted by molar-refractivity contribution is 5.99. The van der Waals surface area contributed by atoms with Gasteiger partial charge in [-0.05, 0) is 70.1 Å². The summed E-state index contributed by atoms with van der Waals surface area (Å²) in [4.78, 5) is 42.4. The molecule has 4 heterocycles. The fourth-order valence-electron chi connectivity index (χ4n) is 5.62. The number of nitrogens with zero attached hydrogens (tertiary/aromatic N) is 5. The second-order valence-corrected chi connectivity index (χ2v) is 10.4. The third-order valence-corrected chi connectivity index (χ3v) is 7.85. The molecular formula is C29H40N8O2. The summed E-state index contributed by atoms with van der Waals surface area (Å²) >= 11 is 0. The van der Waals surface area contributed by atoms with Crippen molar-refractivity contribution in [3.8, 4) is 0 Å². The average molecular weight is 533 g/mol. The monoisotopic (exact) mass is 532 g/mol. The summed E-state index contributed by atoms with van der Waals surface area (Å²) < 4.78 is 0. The SMILES string of the molecule is CCNc1cccnc1N(CC)C1CCN(C(=O)c2cc3cc(NC(=O)N4CCN(C)CC4)ccc3[nH]2)CC1. The molecule has 2 aliphatic rings. The number of nitrogens with one attached hydrogen (secondary N) is 3. The Labute approximate surface area is 230 Å². The fourth-order valence-corrected chi connectivity index (χ4v) is 5.62. The number of piperidine rings is 1. The van der Waals surface area contributed by atoms with Gasteiger partial charge in [-0.3, -0.25) is 4.79 Å². The molecule has 0 bridgehead atoms. The Hall–Kier alpha value is -3.79. The van der Waals surface area contributed by atoms with Gasteiger partial charge in [-0.1, -0.05) is 0 Å². The molecule has 0 atom stereocenters. The van der Waals surface area contributed by atoms with Crippen LogP contribution in [0.3, 0.4) is 0 Å². The number of urea groups is 1. The summed E-state index contributed by atoms with van der Waals surface area (Å²) in [5.74, 6) is 1.000. The number of likely N-dealkylation sites (N-methyl/N-ethyl adjacent to an activating group) is 1. The molecule has 5 rings (SSSR count). The summed E-state index contributed by atoms with van der Waals surface area (Å²) in [6, 6.07) is 11.9. The van der Waals surface area contributed by atoms with E-state index in [0.29, 0.717) is 24.8 Å². The van der Waals surface area contributed by atoms with Crippen molar-refractivity contribution in [3.63, 3.8) is 0 Å². The molecule has 0 aliphatic carbocycles.